The molecule has 2 aromatic rings. The first-order valence-electron chi connectivity index (χ1n) is 13.9. The van der Waals surface area contributed by atoms with Crippen LogP contribution in [0.25, 0.3) is 10.8 Å². The number of benzene rings is 1. The second-order valence-corrected chi connectivity index (χ2v) is 13.3. The molecule has 0 radical (unpaired) electrons. The Hall–Kier alpha value is -2.54. The van der Waals surface area contributed by atoms with Gasteiger partial charge < -0.3 is 19.3 Å². The summed E-state index contributed by atoms with van der Waals surface area (Å²) < 4.78 is 19.4. The molecule has 7 rings (SSSR count). The van der Waals surface area contributed by atoms with E-state index in [-0.39, 0.29) is 29.0 Å². The van der Waals surface area contributed by atoms with Crippen LogP contribution >= 0.6 is 0 Å². The Kier molecular flexibility index (Phi) is 4.87. The molecular weight excluding hydrogens is 478 g/mol. The Bertz CT molecular complexity index is 1420. The van der Waals surface area contributed by atoms with Gasteiger partial charge in [0.25, 0.3) is 0 Å². The molecule has 6 nitrogen and oxygen atoms in total. The van der Waals surface area contributed by atoms with Crippen molar-refractivity contribution in [3.8, 4) is 5.88 Å². The molecule has 8 atom stereocenters. The molecule has 5 aliphatic rings. The van der Waals surface area contributed by atoms with E-state index in [1.54, 1.807) is 6.20 Å². The van der Waals surface area contributed by atoms with Crippen LogP contribution in [-0.2, 0) is 14.3 Å². The van der Waals surface area contributed by atoms with Gasteiger partial charge in [-0.3, -0.25) is 4.79 Å². The topological polar surface area (TPSA) is 77.9 Å². The lowest BCUT2D eigenvalue weighted by molar-refractivity contribution is -0.301. The minimum absolute atomic E-state index is 0.0843. The van der Waals surface area contributed by atoms with E-state index in [0.29, 0.717) is 18.4 Å². The molecule has 4 aliphatic carbocycles. The van der Waals surface area contributed by atoms with Gasteiger partial charge in [-0.2, -0.15) is 0 Å². The number of ether oxygens (including phenoxy) is 3. The number of carbonyl (C=O) groups excluding carboxylic acids is 1. The number of pyridine rings is 1. The number of aliphatic hydroxyl groups is 1. The Morgan fingerprint density at radius 3 is 2.68 bits per heavy atom. The van der Waals surface area contributed by atoms with E-state index in [0.717, 1.165) is 28.3 Å². The fourth-order valence-corrected chi connectivity index (χ4v) is 8.60. The van der Waals surface area contributed by atoms with Crippen molar-refractivity contribution in [3.05, 3.63) is 59.8 Å². The molecule has 2 saturated carbocycles. The largest absolute Gasteiger partial charge is 0.466 e. The number of hydrogen-bond acceptors (Lipinski definition) is 6. The van der Waals surface area contributed by atoms with Crippen LogP contribution < -0.4 is 4.74 Å². The van der Waals surface area contributed by atoms with Crippen LogP contribution in [0.5, 0.6) is 5.88 Å². The lowest BCUT2D eigenvalue weighted by Crippen LogP contribution is -2.68. The zero-order chi connectivity index (χ0) is 26.8. The zero-order valence-corrected chi connectivity index (χ0v) is 23.0. The number of Topliss-reactive ketones (excluding diaryl/α,β-unsaturated/α-hetero) is 1. The number of allylic oxidation sites excluding steroid dienone is 1. The van der Waals surface area contributed by atoms with Crippen molar-refractivity contribution in [3.63, 3.8) is 0 Å². The lowest BCUT2D eigenvalue weighted by Gasteiger charge is -2.52. The van der Waals surface area contributed by atoms with E-state index in [1.165, 1.54) is 0 Å². The third-order valence-electron chi connectivity index (χ3n) is 10.5. The van der Waals surface area contributed by atoms with Gasteiger partial charge in [0.15, 0.2) is 23.3 Å². The molecule has 1 aromatic heterocycles. The van der Waals surface area contributed by atoms with Gasteiger partial charge in [-0.15, -0.1) is 0 Å². The molecule has 1 aromatic carbocycles. The van der Waals surface area contributed by atoms with Crippen molar-refractivity contribution < 1.29 is 24.1 Å². The predicted molar refractivity (Wildman–Crippen MR) is 143 cm³/mol. The summed E-state index contributed by atoms with van der Waals surface area (Å²) in [7, 11) is 0. The summed E-state index contributed by atoms with van der Waals surface area (Å²) in [6.45, 7) is 12.7. The van der Waals surface area contributed by atoms with E-state index in [9.17, 15) is 9.90 Å². The normalized spacial score (nSPS) is 42.1. The summed E-state index contributed by atoms with van der Waals surface area (Å²) in [6.07, 6.45) is 5.15. The van der Waals surface area contributed by atoms with Crippen LogP contribution in [0, 0.1) is 34.5 Å². The Morgan fingerprint density at radius 2 is 1.89 bits per heavy atom. The third-order valence-corrected chi connectivity index (χ3v) is 10.5. The van der Waals surface area contributed by atoms with Crippen LogP contribution in [0.3, 0.4) is 0 Å². The van der Waals surface area contributed by atoms with E-state index < -0.39 is 29.0 Å². The molecule has 1 N–H and O–H groups in total. The van der Waals surface area contributed by atoms with Gasteiger partial charge in [-0.1, -0.05) is 51.1 Å². The second kappa shape index (κ2) is 7.56. The Balaban J connectivity index is 1.43. The number of fused-ring (bicyclic) bond motifs is 6. The quantitative estimate of drug-likeness (QED) is 0.551. The highest BCUT2D eigenvalue weighted by atomic mass is 16.7. The fourth-order valence-electron chi connectivity index (χ4n) is 8.60. The molecule has 38 heavy (non-hydrogen) atoms. The average molecular weight is 516 g/mol. The Morgan fingerprint density at radius 1 is 1.13 bits per heavy atom. The highest BCUT2D eigenvalue weighted by molar-refractivity contribution is 5.95. The van der Waals surface area contributed by atoms with Crippen LogP contribution in [0.15, 0.2) is 59.8 Å². The van der Waals surface area contributed by atoms with Crippen molar-refractivity contribution in [1.29, 1.82) is 0 Å². The van der Waals surface area contributed by atoms with Gasteiger partial charge >= 0.3 is 0 Å². The fraction of sp³-hybridized carbons (Fsp3) is 0.562. The number of rotatable bonds is 2. The number of nitrogens with zero attached hydrogens (tertiary/aromatic N) is 1. The minimum Gasteiger partial charge on any atom is -0.466 e. The van der Waals surface area contributed by atoms with Crippen LogP contribution in [0.1, 0.15) is 48.0 Å². The zero-order valence-electron chi connectivity index (χ0n) is 23.0. The SMILES string of the molecule is CC1=CC23C(=O)[C@@H](C=C4COC(C)(C)O[C@H]4[C@]2(O)[C@H]1Oc1nccc2ccccc12)[C@H]1[C@@H](C[C@H]3C)C1(C)C. The molecule has 6 heteroatoms. The predicted octanol–water partition coefficient (Wildman–Crippen LogP) is 5.25. The molecule has 1 unspecified atom stereocenters. The lowest BCUT2D eigenvalue weighted by atomic mass is 9.59. The summed E-state index contributed by atoms with van der Waals surface area (Å²) in [5, 5.41) is 15.1. The first-order valence-corrected chi connectivity index (χ1v) is 13.9. The van der Waals surface area contributed by atoms with Gasteiger partial charge in [-0.05, 0) is 79.0 Å². The van der Waals surface area contributed by atoms with Crippen molar-refractivity contribution in [2.75, 3.05) is 6.61 Å². The summed E-state index contributed by atoms with van der Waals surface area (Å²) in [5.41, 5.74) is -1.04. The smallest absolute Gasteiger partial charge is 0.222 e. The molecule has 1 spiro atoms. The molecule has 2 bridgehead atoms. The molecule has 0 amide bonds. The van der Waals surface area contributed by atoms with Crippen molar-refractivity contribution in [2.45, 2.75) is 71.6 Å². The third kappa shape index (κ3) is 2.94. The van der Waals surface area contributed by atoms with Crippen molar-refractivity contribution in [1.82, 2.24) is 4.98 Å². The Labute approximate surface area is 224 Å². The van der Waals surface area contributed by atoms with Crippen LogP contribution in [0.4, 0.5) is 0 Å². The maximum atomic E-state index is 14.8. The first kappa shape index (κ1) is 24.5. The molecule has 1 saturated heterocycles. The maximum absolute atomic E-state index is 14.8. The number of hydrogen-bond donors (Lipinski definition) is 1. The van der Waals surface area contributed by atoms with E-state index >= 15 is 0 Å². The highest BCUT2D eigenvalue weighted by Gasteiger charge is 2.77. The maximum Gasteiger partial charge on any atom is 0.222 e. The number of ketones is 1. The highest BCUT2D eigenvalue weighted by Crippen LogP contribution is 2.72. The van der Waals surface area contributed by atoms with Gasteiger partial charge in [0.2, 0.25) is 5.88 Å². The van der Waals surface area contributed by atoms with Gasteiger partial charge in [0.1, 0.15) is 6.10 Å². The second-order valence-electron chi connectivity index (χ2n) is 13.3. The van der Waals surface area contributed by atoms with E-state index in [4.69, 9.17) is 14.2 Å². The molecular formula is C32H37NO5. The van der Waals surface area contributed by atoms with E-state index in [1.807, 2.05) is 57.2 Å². The minimum atomic E-state index is -1.66. The first-order chi connectivity index (χ1) is 17.9. The molecule has 2 heterocycles. The summed E-state index contributed by atoms with van der Waals surface area (Å²) >= 11 is 0. The van der Waals surface area contributed by atoms with Gasteiger partial charge in [-0.25, -0.2) is 4.98 Å². The monoisotopic (exact) mass is 515 g/mol. The molecule has 1 aliphatic heterocycles. The van der Waals surface area contributed by atoms with E-state index in [2.05, 4.69) is 31.8 Å². The number of carbonyl (C=O) groups is 1. The molecule has 200 valence electrons. The van der Waals surface area contributed by atoms with Crippen LogP contribution in [-0.4, -0.2) is 46.1 Å². The van der Waals surface area contributed by atoms with Gasteiger partial charge in [0, 0.05) is 17.5 Å². The summed E-state index contributed by atoms with van der Waals surface area (Å²) in [4.78, 5) is 19.4. The standard InChI is InChI=1S/C32H37NO5/c1-17-15-31-18(2)13-23-24(29(23,3)4)22(25(31)34)14-20-16-36-30(5,6)38-27(20)32(31,35)26(17)37-28-21-10-8-7-9-19(21)11-12-33-28/h7-12,14-15,18,22-24,26-27,35H,13,16H2,1-6H3/t18-,22+,23-,24+,26+,27-,31?,32-/m1/s1. The van der Waals surface area contributed by atoms with Crippen molar-refractivity contribution in [2.24, 2.45) is 34.5 Å². The average Bonchev–Trinajstić information content (AvgIpc) is 3.36. The van der Waals surface area contributed by atoms with Crippen LogP contribution in [0.2, 0.25) is 0 Å². The van der Waals surface area contributed by atoms with Crippen molar-refractivity contribution >= 4 is 16.6 Å². The summed E-state index contributed by atoms with van der Waals surface area (Å²) in [6, 6.07) is 9.87. The summed E-state index contributed by atoms with van der Waals surface area (Å²) in [5.74, 6) is -0.0925. The number of aromatic nitrogens is 1. The van der Waals surface area contributed by atoms with Gasteiger partial charge in [0.05, 0.1) is 12.0 Å². The molecule has 3 fully saturated rings.